The summed E-state index contributed by atoms with van der Waals surface area (Å²) in [5.74, 6) is 0.222. The molecule has 1 nitrogen and oxygen atoms in total. The Labute approximate surface area is 96.3 Å². The molecule has 0 fully saturated rings. The third-order valence-corrected chi connectivity index (χ3v) is 3.47. The van der Waals surface area contributed by atoms with Gasteiger partial charge in [0.2, 0.25) is 0 Å². The molecule has 0 saturated carbocycles. The van der Waals surface area contributed by atoms with Gasteiger partial charge in [-0.2, -0.15) is 0 Å². The SMILES string of the molecule is CCCC(CC)C(=O)Sc1ccccc1. The highest BCUT2D eigenvalue weighted by Crippen LogP contribution is 2.25. The van der Waals surface area contributed by atoms with Crippen molar-refractivity contribution in [2.75, 3.05) is 0 Å². The summed E-state index contributed by atoms with van der Waals surface area (Å²) < 4.78 is 0. The van der Waals surface area contributed by atoms with Crippen molar-refractivity contribution in [2.45, 2.75) is 38.0 Å². The molecule has 2 heteroatoms. The van der Waals surface area contributed by atoms with E-state index >= 15 is 0 Å². The van der Waals surface area contributed by atoms with Gasteiger partial charge in [0, 0.05) is 10.8 Å². The zero-order valence-corrected chi connectivity index (χ0v) is 10.2. The van der Waals surface area contributed by atoms with Crippen molar-refractivity contribution in [1.82, 2.24) is 0 Å². The van der Waals surface area contributed by atoms with Crippen LogP contribution in [0.1, 0.15) is 33.1 Å². The van der Waals surface area contributed by atoms with Gasteiger partial charge in [0.05, 0.1) is 0 Å². The molecule has 0 radical (unpaired) electrons. The maximum atomic E-state index is 11.9. The Kier molecular flexibility index (Phi) is 5.48. The number of benzene rings is 1. The second-order valence-electron chi connectivity index (χ2n) is 3.63. The average Bonchev–Trinajstić information content (AvgIpc) is 2.27. The van der Waals surface area contributed by atoms with Crippen molar-refractivity contribution in [3.8, 4) is 0 Å². The van der Waals surface area contributed by atoms with Gasteiger partial charge in [-0.25, -0.2) is 0 Å². The Hall–Kier alpha value is -0.760. The van der Waals surface area contributed by atoms with E-state index in [9.17, 15) is 4.79 Å². The first kappa shape index (κ1) is 12.3. The van der Waals surface area contributed by atoms with Gasteiger partial charge in [0.1, 0.15) is 0 Å². The molecular weight excluding hydrogens is 204 g/mol. The van der Waals surface area contributed by atoms with Gasteiger partial charge in [-0.1, -0.05) is 50.2 Å². The van der Waals surface area contributed by atoms with Crippen molar-refractivity contribution >= 4 is 16.9 Å². The van der Waals surface area contributed by atoms with Crippen LogP contribution in [0.15, 0.2) is 35.2 Å². The lowest BCUT2D eigenvalue weighted by Crippen LogP contribution is -2.09. The van der Waals surface area contributed by atoms with Crippen molar-refractivity contribution in [2.24, 2.45) is 5.92 Å². The molecule has 0 aromatic heterocycles. The van der Waals surface area contributed by atoms with E-state index in [2.05, 4.69) is 13.8 Å². The standard InChI is InChI=1S/C13H18OS/c1-3-8-11(4-2)13(14)15-12-9-6-5-7-10-12/h5-7,9-11H,3-4,8H2,1-2H3. The van der Waals surface area contributed by atoms with Crippen LogP contribution in [-0.4, -0.2) is 5.12 Å². The third-order valence-electron chi connectivity index (χ3n) is 2.42. The van der Waals surface area contributed by atoms with Gasteiger partial charge in [-0.3, -0.25) is 4.79 Å². The number of hydrogen-bond acceptors (Lipinski definition) is 2. The molecule has 0 N–H and O–H groups in total. The highest BCUT2D eigenvalue weighted by molar-refractivity contribution is 8.13. The third kappa shape index (κ3) is 4.08. The summed E-state index contributed by atoms with van der Waals surface area (Å²) in [7, 11) is 0. The minimum absolute atomic E-state index is 0.222. The van der Waals surface area contributed by atoms with Crippen LogP contribution in [0.3, 0.4) is 0 Å². The van der Waals surface area contributed by atoms with Crippen molar-refractivity contribution in [3.63, 3.8) is 0 Å². The summed E-state index contributed by atoms with van der Waals surface area (Å²) in [6.07, 6.45) is 3.04. The molecule has 82 valence electrons. The molecule has 0 aliphatic carbocycles. The largest absolute Gasteiger partial charge is 0.287 e. The minimum Gasteiger partial charge on any atom is -0.287 e. The molecule has 0 amide bonds. The summed E-state index contributed by atoms with van der Waals surface area (Å²) in [5, 5.41) is 0.311. The fourth-order valence-electron chi connectivity index (χ4n) is 1.53. The van der Waals surface area contributed by atoms with Crippen molar-refractivity contribution in [3.05, 3.63) is 30.3 Å². The van der Waals surface area contributed by atoms with Gasteiger partial charge >= 0.3 is 0 Å². The number of thioether (sulfide) groups is 1. The second kappa shape index (κ2) is 6.67. The average molecular weight is 222 g/mol. The predicted molar refractivity (Wildman–Crippen MR) is 66.0 cm³/mol. The zero-order chi connectivity index (χ0) is 11.1. The lowest BCUT2D eigenvalue weighted by molar-refractivity contribution is -0.114. The van der Waals surface area contributed by atoms with Gasteiger partial charge < -0.3 is 0 Å². The number of hydrogen-bond donors (Lipinski definition) is 0. The predicted octanol–water partition coefficient (Wildman–Crippen LogP) is 4.13. The first-order valence-corrected chi connectivity index (χ1v) is 6.36. The normalized spacial score (nSPS) is 12.4. The Morgan fingerprint density at radius 3 is 2.47 bits per heavy atom. The van der Waals surface area contributed by atoms with E-state index in [1.165, 1.54) is 11.8 Å². The minimum atomic E-state index is 0.222. The molecule has 15 heavy (non-hydrogen) atoms. The van der Waals surface area contributed by atoms with Crippen LogP contribution in [0.4, 0.5) is 0 Å². The van der Waals surface area contributed by atoms with E-state index < -0.39 is 0 Å². The van der Waals surface area contributed by atoms with E-state index in [1.807, 2.05) is 30.3 Å². The fourth-order valence-corrected chi connectivity index (χ4v) is 2.50. The Morgan fingerprint density at radius 1 is 1.27 bits per heavy atom. The molecular formula is C13H18OS. The maximum Gasteiger partial charge on any atom is 0.196 e. The molecule has 0 saturated heterocycles. The topological polar surface area (TPSA) is 17.1 Å². The lowest BCUT2D eigenvalue weighted by atomic mass is 10.0. The molecule has 0 aliphatic heterocycles. The maximum absolute atomic E-state index is 11.9. The summed E-state index contributed by atoms with van der Waals surface area (Å²) in [5.41, 5.74) is 0. The number of carbonyl (C=O) groups excluding carboxylic acids is 1. The fraction of sp³-hybridized carbons (Fsp3) is 0.462. The Morgan fingerprint density at radius 2 is 1.93 bits per heavy atom. The Balaban J connectivity index is 2.54. The molecule has 1 rings (SSSR count). The van der Waals surface area contributed by atoms with E-state index in [0.29, 0.717) is 5.12 Å². The monoisotopic (exact) mass is 222 g/mol. The van der Waals surface area contributed by atoms with Crippen LogP contribution in [0.5, 0.6) is 0 Å². The molecule has 1 unspecified atom stereocenters. The lowest BCUT2D eigenvalue weighted by Gasteiger charge is -2.11. The highest BCUT2D eigenvalue weighted by atomic mass is 32.2. The molecule has 0 heterocycles. The molecule has 1 aromatic rings. The van der Waals surface area contributed by atoms with E-state index in [-0.39, 0.29) is 5.92 Å². The number of carbonyl (C=O) groups is 1. The van der Waals surface area contributed by atoms with Gasteiger partial charge in [-0.05, 0) is 25.0 Å². The van der Waals surface area contributed by atoms with E-state index in [0.717, 1.165) is 24.2 Å². The molecule has 1 aromatic carbocycles. The van der Waals surface area contributed by atoms with Crippen LogP contribution in [-0.2, 0) is 4.79 Å². The summed E-state index contributed by atoms with van der Waals surface area (Å²) >= 11 is 1.38. The number of rotatable bonds is 5. The molecule has 0 spiro atoms. The van der Waals surface area contributed by atoms with Crippen molar-refractivity contribution in [1.29, 1.82) is 0 Å². The van der Waals surface area contributed by atoms with Gasteiger partial charge in [0.15, 0.2) is 5.12 Å². The Bertz CT molecular complexity index is 295. The van der Waals surface area contributed by atoms with Crippen LogP contribution >= 0.6 is 11.8 Å². The van der Waals surface area contributed by atoms with Gasteiger partial charge in [0.25, 0.3) is 0 Å². The van der Waals surface area contributed by atoms with Crippen LogP contribution in [0.25, 0.3) is 0 Å². The van der Waals surface area contributed by atoms with E-state index in [1.54, 1.807) is 0 Å². The summed E-state index contributed by atoms with van der Waals surface area (Å²) in [4.78, 5) is 12.9. The summed E-state index contributed by atoms with van der Waals surface area (Å²) in [6, 6.07) is 9.88. The smallest absolute Gasteiger partial charge is 0.196 e. The highest BCUT2D eigenvalue weighted by Gasteiger charge is 2.16. The molecule has 0 aliphatic rings. The van der Waals surface area contributed by atoms with E-state index in [4.69, 9.17) is 0 Å². The zero-order valence-electron chi connectivity index (χ0n) is 9.40. The van der Waals surface area contributed by atoms with Crippen molar-refractivity contribution < 1.29 is 4.79 Å². The second-order valence-corrected chi connectivity index (χ2v) is 4.71. The first-order chi connectivity index (χ1) is 7.27. The first-order valence-electron chi connectivity index (χ1n) is 5.54. The van der Waals surface area contributed by atoms with Gasteiger partial charge in [-0.15, -0.1) is 0 Å². The summed E-state index contributed by atoms with van der Waals surface area (Å²) in [6.45, 7) is 4.22. The molecule has 0 bridgehead atoms. The van der Waals surface area contributed by atoms with Crippen LogP contribution in [0, 0.1) is 5.92 Å². The van der Waals surface area contributed by atoms with Crippen LogP contribution in [0.2, 0.25) is 0 Å². The van der Waals surface area contributed by atoms with Crippen LogP contribution < -0.4 is 0 Å². The quantitative estimate of drug-likeness (QED) is 0.697. The molecule has 1 atom stereocenters.